The van der Waals surface area contributed by atoms with Crippen LogP contribution in [0, 0.1) is 3.57 Å². The number of hydrogen-bond donors (Lipinski definition) is 1. The molecule has 2 amide bonds. The minimum Gasteiger partial charge on any atom is -0.342 e. The monoisotopic (exact) mass is 441 g/mol. The van der Waals surface area contributed by atoms with Gasteiger partial charge in [-0.15, -0.1) is 11.3 Å². The second-order valence-electron chi connectivity index (χ2n) is 5.33. The van der Waals surface area contributed by atoms with Crippen LogP contribution >= 0.6 is 33.9 Å². The normalized spacial score (nSPS) is 14.3. The van der Waals surface area contributed by atoms with Crippen LogP contribution in [0.5, 0.6) is 0 Å². The first-order chi connectivity index (χ1) is 11.1. The number of benzene rings is 1. The maximum absolute atomic E-state index is 12.0. The highest BCUT2D eigenvalue weighted by Crippen LogP contribution is 2.25. The molecule has 0 aliphatic carbocycles. The van der Waals surface area contributed by atoms with E-state index in [1.165, 1.54) is 14.9 Å². The average molecular weight is 441 g/mol. The van der Waals surface area contributed by atoms with E-state index in [-0.39, 0.29) is 11.8 Å². The lowest BCUT2D eigenvalue weighted by molar-refractivity contribution is -0.128. The Kier molecular flexibility index (Phi) is 5.27. The molecule has 3 rings (SSSR count). The van der Waals surface area contributed by atoms with E-state index in [2.05, 4.69) is 32.9 Å². The lowest BCUT2D eigenvalue weighted by atomic mass is 10.2. The summed E-state index contributed by atoms with van der Waals surface area (Å²) in [5.41, 5.74) is 1.89. The number of rotatable bonds is 5. The molecule has 1 N–H and O–H groups in total. The molecule has 0 atom stereocenters. The standard InChI is InChI=1S/C16H16IN3O2S/c17-12-5-3-11(4-6-12)13-10-23-16(18-13)19-14(21)7-9-20-8-1-2-15(20)22/h3-6,10H,1-2,7-9H2,(H,18,19,21). The van der Waals surface area contributed by atoms with Gasteiger partial charge in [0.1, 0.15) is 0 Å². The molecule has 1 fully saturated rings. The Morgan fingerprint density at radius 1 is 1.35 bits per heavy atom. The van der Waals surface area contributed by atoms with E-state index in [1.54, 1.807) is 4.90 Å². The maximum atomic E-state index is 12.0. The molecule has 120 valence electrons. The SMILES string of the molecule is O=C(CCN1CCCC1=O)Nc1nc(-c2ccc(I)cc2)cs1. The van der Waals surface area contributed by atoms with Crippen molar-refractivity contribution in [1.82, 2.24) is 9.88 Å². The average Bonchev–Trinajstić information content (AvgIpc) is 3.15. The number of halogens is 1. The Labute approximate surface area is 152 Å². The van der Waals surface area contributed by atoms with Gasteiger partial charge in [0.05, 0.1) is 5.69 Å². The van der Waals surface area contributed by atoms with Crippen molar-refractivity contribution in [2.75, 3.05) is 18.4 Å². The van der Waals surface area contributed by atoms with Crippen molar-refractivity contribution < 1.29 is 9.59 Å². The third kappa shape index (κ3) is 4.29. The van der Waals surface area contributed by atoms with Gasteiger partial charge >= 0.3 is 0 Å². The summed E-state index contributed by atoms with van der Waals surface area (Å²) in [4.78, 5) is 29.7. The largest absolute Gasteiger partial charge is 0.342 e. The molecule has 7 heteroatoms. The van der Waals surface area contributed by atoms with Crippen LogP contribution in [0.3, 0.4) is 0 Å². The summed E-state index contributed by atoms with van der Waals surface area (Å²) in [7, 11) is 0. The van der Waals surface area contributed by atoms with E-state index < -0.39 is 0 Å². The second kappa shape index (κ2) is 7.39. The topological polar surface area (TPSA) is 62.3 Å². The molecule has 0 unspecified atom stereocenters. The molecule has 1 aliphatic rings. The van der Waals surface area contributed by atoms with Gasteiger partial charge < -0.3 is 10.2 Å². The Hall–Kier alpha value is -1.48. The minimum atomic E-state index is -0.104. The number of carbonyl (C=O) groups is 2. The Morgan fingerprint density at radius 2 is 2.13 bits per heavy atom. The zero-order valence-electron chi connectivity index (χ0n) is 12.4. The number of aromatic nitrogens is 1. The van der Waals surface area contributed by atoms with Gasteiger partial charge in [0, 0.05) is 40.4 Å². The van der Waals surface area contributed by atoms with Crippen molar-refractivity contribution in [2.24, 2.45) is 0 Å². The number of carbonyl (C=O) groups excluding carboxylic acids is 2. The van der Waals surface area contributed by atoms with Crippen LogP contribution in [0.4, 0.5) is 5.13 Å². The van der Waals surface area contributed by atoms with Crippen molar-refractivity contribution in [3.8, 4) is 11.3 Å². The summed E-state index contributed by atoms with van der Waals surface area (Å²) in [6.45, 7) is 1.25. The molecule has 0 spiro atoms. The third-order valence-electron chi connectivity index (χ3n) is 3.67. The van der Waals surface area contributed by atoms with Crippen LogP contribution in [0.15, 0.2) is 29.6 Å². The van der Waals surface area contributed by atoms with Gasteiger partial charge in [-0.25, -0.2) is 4.98 Å². The number of hydrogen-bond acceptors (Lipinski definition) is 4. The fourth-order valence-corrected chi connectivity index (χ4v) is 3.54. The first kappa shape index (κ1) is 16.4. The van der Waals surface area contributed by atoms with Gasteiger partial charge in [-0.2, -0.15) is 0 Å². The summed E-state index contributed by atoms with van der Waals surface area (Å²) in [5, 5.41) is 5.34. The van der Waals surface area contributed by atoms with Gasteiger partial charge in [0.15, 0.2) is 5.13 Å². The van der Waals surface area contributed by atoms with Crippen LogP contribution in [0.25, 0.3) is 11.3 Å². The number of likely N-dealkylation sites (tertiary alicyclic amines) is 1. The van der Waals surface area contributed by atoms with E-state index in [4.69, 9.17) is 0 Å². The third-order valence-corrected chi connectivity index (χ3v) is 5.15. The van der Waals surface area contributed by atoms with Crippen LogP contribution in [0.1, 0.15) is 19.3 Å². The molecule has 5 nitrogen and oxygen atoms in total. The van der Waals surface area contributed by atoms with Crippen LogP contribution in [-0.4, -0.2) is 34.8 Å². The zero-order chi connectivity index (χ0) is 16.2. The minimum absolute atomic E-state index is 0.104. The number of nitrogens with one attached hydrogen (secondary N) is 1. The van der Waals surface area contributed by atoms with Gasteiger partial charge in [-0.1, -0.05) is 12.1 Å². The number of thiazole rings is 1. The molecule has 23 heavy (non-hydrogen) atoms. The van der Waals surface area contributed by atoms with Gasteiger partial charge in [0.2, 0.25) is 11.8 Å². The molecule has 1 saturated heterocycles. The molecule has 0 saturated carbocycles. The molecule has 1 aromatic heterocycles. The molecule has 0 radical (unpaired) electrons. The van der Waals surface area contributed by atoms with E-state index in [1.807, 2.05) is 29.6 Å². The molecular formula is C16H16IN3O2S. The van der Waals surface area contributed by atoms with Crippen LogP contribution < -0.4 is 5.32 Å². The first-order valence-electron chi connectivity index (χ1n) is 7.41. The summed E-state index contributed by atoms with van der Waals surface area (Å²) >= 11 is 3.67. The Morgan fingerprint density at radius 3 is 2.83 bits per heavy atom. The lowest BCUT2D eigenvalue weighted by Gasteiger charge is -2.14. The summed E-state index contributed by atoms with van der Waals surface area (Å²) in [6, 6.07) is 8.09. The molecular weight excluding hydrogens is 425 g/mol. The highest BCUT2D eigenvalue weighted by Gasteiger charge is 2.20. The highest BCUT2D eigenvalue weighted by molar-refractivity contribution is 14.1. The summed E-state index contributed by atoms with van der Waals surface area (Å²) in [5.74, 6) is 0.0428. The van der Waals surface area contributed by atoms with Gasteiger partial charge in [0.25, 0.3) is 0 Å². The molecule has 1 aromatic carbocycles. The predicted octanol–water partition coefficient (Wildman–Crippen LogP) is 3.37. The van der Waals surface area contributed by atoms with Gasteiger partial charge in [-0.3, -0.25) is 9.59 Å². The molecule has 0 bridgehead atoms. The maximum Gasteiger partial charge on any atom is 0.227 e. The van der Waals surface area contributed by atoms with Crippen molar-refractivity contribution >= 4 is 50.9 Å². The number of amides is 2. The molecule has 1 aliphatic heterocycles. The van der Waals surface area contributed by atoms with E-state index in [0.29, 0.717) is 24.5 Å². The van der Waals surface area contributed by atoms with Crippen LogP contribution in [-0.2, 0) is 9.59 Å². The predicted molar refractivity (Wildman–Crippen MR) is 99.3 cm³/mol. The van der Waals surface area contributed by atoms with Gasteiger partial charge in [-0.05, 0) is 41.1 Å². The highest BCUT2D eigenvalue weighted by atomic mass is 127. The Bertz CT molecular complexity index is 714. The van der Waals surface area contributed by atoms with Crippen molar-refractivity contribution in [3.05, 3.63) is 33.2 Å². The fraction of sp³-hybridized carbons (Fsp3) is 0.312. The smallest absolute Gasteiger partial charge is 0.227 e. The Balaban J connectivity index is 1.55. The number of nitrogens with zero attached hydrogens (tertiary/aromatic N) is 2. The lowest BCUT2D eigenvalue weighted by Crippen LogP contribution is -2.28. The molecule has 2 aromatic rings. The number of anilines is 1. The van der Waals surface area contributed by atoms with Crippen molar-refractivity contribution in [2.45, 2.75) is 19.3 Å². The first-order valence-corrected chi connectivity index (χ1v) is 9.37. The second-order valence-corrected chi connectivity index (χ2v) is 7.43. The van der Waals surface area contributed by atoms with Crippen LogP contribution in [0.2, 0.25) is 0 Å². The zero-order valence-corrected chi connectivity index (χ0v) is 15.4. The fourth-order valence-electron chi connectivity index (χ4n) is 2.44. The summed E-state index contributed by atoms with van der Waals surface area (Å²) in [6.07, 6.45) is 1.81. The quantitative estimate of drug-likeness (QED) is 0.724. The van der Waals surface area contributed by atoms with E-state index >= 15 is 0 Å². The van der Waals surface area contributed by atoms with E-state index in [0.717, 1.165) is 24.2 Å². The van der Waals surface area contributed by atoms with E-state index in [9.17, 15) is 9.59 Å². The van der Waals surface area contributed by atoms with Crippen molar-refractivity contribution in [1.29, 1.82) is 0 Å². The summed E-state index contributed by atoms with van der Waals surface area (Å²) < 4.78 is 1.17. The van der Waals surface area contributed by atoms with Crippen molar-refractivity contribution in [3.63, 3.8) is 0 Å². The molecule has 2 heterocycles.